The van der Waals surface area contributed by atoms with E-state index in [9.17, 15) is 0 Å². The molecule has 0 spiro atoms. The summed E-state index contributed by atoms with van der Waals surface area (Å²) in [7, 11) is 0. The Balaban J connectivity index is 2.63. The second kappa shape index (κ2) is 6.13. The zero-order chi connectivity index (χ0) is 12.1. The van der Waals surface area contributed by atoms with Crippen LogP contribution in [-0.2, 0) is 0 Å². The van der Waals surface area contributed by atoms with Crippen LogP contribution in [0.5, 0.6) is 0 Å². The molecule has 1 rings (SSSR count). The Morgan fingerprint density at radius 2 is 2.19 bits per heavy atom. The Morgan fingerprint density at radius 3 is 2.81 bits per heavy atom. The summed E-state index contributed by atoms with van der Waals surface area (Å²) in [4.78, 5) is 4.04. The zero-order valence-corrected chi connectivity index (χ0v) is 10.5. The molecule has 1 aromatic heterocycles. The maximum Gasteiger partial charge on any atom is 0.147 e. The van der Waals surface area contributed by atoms with Gasteiger partial charge in [0, 0.05) is 13.2 Å². The van der Waals surface area contributed by atoms with Crippen molar-refractivity contribution >= 4 is 34.8 Å². The number of nitrogen functional groups attached to an aromatic ring is 1. The SMILES string of the molecule is CC(CCO)CNc1nc(N)c(Cl)cc1Cl. The fourth-order valence-corrected chi connectivity index (χ4v) is 1.62. The lowest BCUT2D eigenvalue weighted by Crippen LogP contribution is -2.14. The number of hydrogen-bond acceptors (Lipinski definition) is 4. The summed E-state index contributed by atoms with van der Waals surface area (Å²) in [5.74, 6) is 1.11. The number of aliphatic hydroxyl groups excluding tert-OH is 1. The lowest BCUT2D eigenvalue weighted by atomic mass is 10.1. The molecule has 1 atom stereocenters. The van der Waals surface area contributed by atoms with Crippen molar-refractivity contribution in [3.05, 3.63) is 16.1 Å². The third-order valence-corrected chi connectivity index (χ3v) is 2.79. The van der Waals surface area contributed by atoms with Crippen LogP contribution in [-0.4, -0.2) is 23.2 Å². The van der Waals surface area contributed by atoms with E-state index in [1.54, 1.807) is 6.07 Å². The first-order valence-corrected chi connectivity index (χ1v) is 5.76. The summed E-state index contributed by atoms with van der Waals surface area (Å²) >= 11 is 11.7. The first kappa shape index (κ1) is 13.4. The maximum atomic E-state index is 8.76. The van der Waals surface area contributed by atoms with Crippen molar-refractivity contribution < 1.29 is 5.11 Å². The Kier molecular flexibility index (Phi) is 5.12. The lowest BCUT2D eigenvalue weighted by Gasteiger charge is -2.13. The number of nitrogens with two attached hydrogens (primary N) is 1. The quantitative estimate of drug-likeness (QED) is 0.763. The molecule has 4 nitrogen and oxygen atoms in total. The van der Waals surface area contributed by atoms with Crippen molar-refractivity contribution in [2.45, 2.75) is 13.3 Å². The Morgan fingerprint density at radius 1 is 1.50 bits per heavy atom. The minimum Gasteiger partial charge on any atom is -0.396 e. The van der Waals surface area contributed by atoms with Gasteiger partial charge in [0.2, 0.25) is 0 Å². The number of anilines is 2. The summed E-state index contributed by atoms with van der Waals surface area (Å²) in [5, 5.41) is 12.6. The molecule has 90 valence electrons. The van der Waals surface area contributed by atoms with Crippen molar-refractivity contribution in [1.29, 1.82) is 0 Å². The summed E-state index contributed by atoms with van der Waals surface area (Å²) in [6, 6.07) is 1.56. The van der Waals surface area contributed by atoms with Crippen molar-refractivity contribution in [3.8, 4) is 0 Å². The fourth-order valence-electron chi connectivity index (χ4n) is 1.20. The van der Waals surface area contributed by atoms with Crippen molar-refractivity contribution in [2.24, 2.45) is 5.92 Å². The molecule has 6 heteroatoms. The van der Waals surface area contributed by atoms with E-state index in [0.29, 0.717) is 28.3 Å². The molecule has 0 aliphatic rings. The molecule has 1 aromatic rings. The van der Waals surface area contributed by atoms with Gasteiger partial charge in [-0.15, -0.1) is 0 Å². The average molecular weight is 264 g/mol. The number of nitrogens with zero attached hydrogens (tertiary/aromatic N) is 1. The highest BCUT2D eigenvalue weighted by Gasteiger charge is 2.08. The van der Waals surface area contributed by atoms with Crippen molar-refractivity contribution in [1.82, 2.24) is 4.98 Å². The molecule has 4 N–H and O–H groups in total. The molecular formula is C10H15Cl2N3O. The predicted molar refractivity (Wildman–Crippen MR) is 68.0 cm³/mol. The van der Waals surface area contributed by atoms with E-state index in [1.807, 2.05) is 6.92 Å². The van der Waals surface area contributed by atoms with Gasteiger partial charge in [0.1, 0.15) is 11.6 Å². The number of hydrogen-bond donors (Lipinski definition) is 3. The summed E-state index contributed by atoms with van der Waals surface area (Å²) in [6.45, 7) is 2.87. The van der Waals surface area contributed by atoms with Crippen LogP contribution in [0, 0.1) is 5.92 Å². The molecule has 0 saturated heterocycles. The van der Waals surface area contributed by atoms with Crippen LogP contribution in [0.15, 0.2) is 6.07 Å². The Hall–Kier alpha value is -0.710. The van der Waals surface area contributed by atoms with Gasteiger partial charge in [0.25, 0.3) is 0 Å². The highest BCUT2D eigenvalue weighted by molar-refractivity contribution is 6.37. The van der Waals surface area contributed by atoms with Crippen LogP contribution in [0.1, 0.15) is 13.3 Å². The van der Waals surface area contributed by atoms with Crippen LogP contribution in [0.4, 0.5) is 11.6 Å². The van der Waals surface area contributed by atoms with Crippen LogP contribution >= 0.6 is 23.2 Å². The third-order valence-electron chi connectivity index (χ3n) is 2.20. The van der Waals surface area contributed by atoms with E-state index in [0.717, 1.165) is 6.42 Å². The van der Waals surface area contributed by atoms with Crippen LogP contribution < -0.4 is 11.1 Å². The monoisotopic (exact) mass is 263 g/mol. The van der Waals surface area contributed by atoms with Crippen LogP contribution in [0.3, 0.4) is 0 Å². The lowest BCUT2D eigenvalue weighted by molar-refractivity contribution is 0.266. The van der Waals surface area contributed by atoms with E-state index in [-0.39, 0.29) is 12.4 Å². The molecule has 0 fully saturated rings. The van der Waals surface area contributed by atoms with Crippen molar-refractivity contribution in [2.75, 3.05) is 24.2 Å². The molecule has 1 unspecified atom stereocenters. The van der Waals surface area contributed by atoms with Gasteiger partial charge in [-0.25, -0.2) is 4.98 Å². The highest BCUT2D eigenvalue weighted by Crippen LogP contribution is 2.27. The second-order valence-electron chi connectivity index (χ2n) is 3.68. The first-order valence-electron chi connectivity index (χ1n) is 5.00. The van der Waals surface area contributed by atoms with Crippen molar-refractivity contribution in [3.63, 3.8) is 0 Å². The average Bonchev–Trinajstić information content (AvgIpc) is 2.22. The molecular weight excluding hydrogens is 249 g/mol. The van der Waals surface area contributed by atoms with Gasteiger partial charge in [-0.3, -0.25) is 0 Å². The topological polar surface area (TPSA) is 71.2 Å². The second-order valence-corrected chi connectivity index (χ2v) is 4.50. The molecule has 0 aliphatic carbocycles. The number of aliphatic hydroxyl groups is 1. The minimum atomic E-state index is 0.173. The van der Waals surface area contributed by atoms with E-state index >= 15 is 0 Å². The highest BCUT2D eigenvalue weighted by atomic mass is 35.5. The van der Waals surface area contributed by atoms with Gasteiger partial charge in [-0.2, -0.15) is 0 Å². The molecule has 0 aromatic carbocycles. The van der Waals surface area contributed by atoms with Gasteiger partial charge >= 0.3 is 0 Å². The summed E-state index contributed by atoms with van der Waals surface area (Å²) < 4.78 is 0. The Bertz CT molecular complexity index is 360. The maximum absolute atomic E-state index is 8.76. The first-order chi connectivity index (χ1) is 7.54. The number of halogens is 2. The number of aromatic nitrogens is 1. The zero-order valence-electron chi connectivity index (χ0n) is 9.00. The van der Waals surface area contributed by atoms with Gasteiger partial charge in [0.05, 0.1) is 10.0 Å². The van der Waals surface area contributed by atoms with Gasteiger partial charge in [-0.1, -0.05) is 30.1 Å². The van der Waals surface area contributed by atoms with E-state index in [4.69, 9.17) is 34.0 Å². The van der Waals surface area contributed by atoms with E-state index in [2.05, 4.69) is 10.3 Å². The summed E-state index contributed by atoms with van der Waals surface area (Å²) in [5.41, 5.74) is 5.57. The van der Waals surface area contributed by atoms with Crippen LogP contribution in [0.25, 0.3) is 0 Å². The standard InChI is InChI=1S/C10H15Cl2N3O/c1-6(2-3-16)5-14-10-8(12)4-7(11)9(13)15-10/h4,6,16H,2-3,5H2,1H3,(H3,13,14,15). The Labute approximate surface area is 105 Å². The minimum absolute atomic E-state index is 0.173. The molecule has 16 heavy (non-hydrogen) atoms. The third kappa shape index (κ3) is 3.70. The number of nitrogens with one attached hydrogen (secondary N) is 1. The molecule has 0 aliphatic heterocycles. The number of rotatable bonds is 5. The van der Waals surface area contributed by atoms with E-state index < -0.39 is 0 Å². The number of pyridine rings is 1. The predicted octanol–water partition coefficient (Wildman–Crippen LogP) is 2.40. The summed E-state index contributed by atoms with van der Waals surface area (Å²) in [6.07, 6.45) is 0.730. The molecule has 0 saturated carbocycles. The van der Waals surface area contributed by atoms with Gasteiger partial charge < -0.3 is 16.2 Å². The van der Waals surface area contributed by atoms with Gasteiger partial charge in [-0.05, 0) is 18.4 Å². The smallest absolute Gasteiger partial charge is 0.147 e. The van der Waals surface area contributed by atoms with Gasteiger partial charge in [0.15, 0.2) is 0 Å². The van der Waals surface area contributed by atoms with E-state index in [1.165, 1.54) is 0 Å². The molecule has 0 radical (unpaired) electrons. The normalized spacial score (nSPS) is 12.5. The largest absolute Gasteiger partial charge is 0.396 e. The molecule has 0 amide bonds. The molecule has 1 heterocycles. The molecule has 0 bridgehead atoms. The fraction of sp³-hybridized carbons (Fsp3) is 0.500. The van der Waals surface area contributed by atoms with Crippen LogP contribution in [0.2, 0.25) is 10.0 Å².